The van der Waals surface area contributed by atoms with Gasteiger partial charge in [0.25, 0.3) is 0 Å². The number of aryl methyl sites for hydroxylation is 1. The Morgan fingerprint density at radius 1 is 1.00 bits per heavy atom. The summed E-state index contributed by atoms with van der Waals surface area (Å²) in [5, 5.41) is 19.8. The molecule has 0 unspecified atom stereocenters. The second-order valence-electron chi connectivity index (χ2n) is 4.43. The van der Waals surface area contributed by atoms with Gasteiger partial charge >= 0.3 is 0 Å². The molecule has 0 saturated carbocycles. The fourth-order valence-corrected chi connectivity index (χ4v) is 2.03. The monoisotopic (exact) mass is 237 g/mol. The van der Waals surface area contributed by atoms with E-state index < -0.39 is 5.60 Å². The molecule has 0 fully saturated rings. The lowest BCUT2D eigenvalue weighted by atomic mass is 9.84. The predicted molar refractivity (Wildman–Crippen MR) is 70.8 cm³/mol. The van der Waals surface area contributed by atoms with Crippen LogP contribution in [0.2, 0.25) is 0 Å². The zero-order valence-corrected chi connectivity index (χ0v) is 10.3. The Morgan fingerprint density at radius 2 is 1.56 bits per heavy atom. The predicted octanol–water partition coefficient (Wildman–Crippen LogP) is 3.14. The highest BCUT2D eigenvalue weighted by atomic mass is 16.3. The lowest BCUT2D eigenvalue weighted by Crippen LogP contribution is -2.26. The van der Waals surface area contributed by atoms with Crippen LogP contribution in [0, 0.1) is 18.3 Å². The molecule has 1 atom stereocenters. The number of aliphatic hydroxyl groups is 1. The van der Waals surface area contributed by atoms with E-state index in [0.29, 0.717) is 0 Å². The molecule has 90 valence electrons. The molecule has 0 spiro atoms. The molecule has 0 aliphatic carbocycles. The standard InChI is InChI=1S/C16H15NO/c1-13-7-9-15(10-8-13)16(18,11-12-17)14-5-3-2-4-6-14/h2-10,18H,11H2,1H3/t16-/m0/s1. The fraction of sp³-hybridized carbons (Fsp3) is 0.188. The lowest BCUT2D eigenvalue weighted by Gasteiger charge is -2.26. The first kappa shape index (κ1) is 12.3. The second kappa shape index (κ2) is 5.03. The third kappa shape index (κ3) is 2.27. The summed E-state index contributed by atoms with van der Waals surface area (Å²) < 4.78 is 0. The van der Waals surface area contributed by atoms with Gasteiger partial charge in [0.2, 0.25) is 0 Å². The van der Waals surface area contributed by atoms with E-state index in [0.717, 1.165) is 16.7 Å². The van der Waals surface area contributed by atoms with Gasteiger partial charge in [0.1, 0.15) is 5.60 Å². The largest absolute Gasteiger partial charge is 0.379 e. The zero-order valence-electron chi connectivity index (χ0n) is 10.3. The summed E-state index contributed by atoms with van der Waals surface area (Å²) >= 11 is 0. The fourth-order valence-electron chi connectivity index (χ4n) is 2.03. The van der Waals surface area contributed by atoms with E-state index in [1.54, 1.807) is 0 Å². The van der Waals surface area contributed by atoms with Gasteiger partial charge in [-0.2, -0.15) is 5.26 Å². The summed E-state index contributed by atoms with van der Waals surface area (Å²) in [5.41, 5.74) is 1.39. The average molecular weight is 237 g/mol. The van der Waals surface area contributed by atoms with Crippen molar-refractivity contribution in [3.8, 4) is 6.07 Å². The van der Waals surface area contributed by atoms with Crippen LogP contribution in [-0.4, -0.2) is 5.11 Å². The van der Waals surface area contributed by atoms with Gasteiger partial charge in [0.15, 0.2) is 0 Å². The minimum atomic E-state index is -1.23. The third-order valence-corrected chi connectivity index (χ3v) is 3.12. The minimum Gasteiger partial charge on any atom is -0.379 e. The number of benzene rings is 2. The van der Waals surface area contributed by atoms with Crippen molar-refractivity contribution in [2.75, 3.05) is 0 Å². The van der Waals surface area contributed by atoms with E-state index in [2.05, 4.69) is 6.07 Å². The maximum atomic E-state index is 10.8. The molecule has 2 aromatic carbocycles. The van der Waals surface area contributed by atoms with Gasteiger partial charge in [-0.25, -0.2) is 0 Å². The van der Waals surface area contributed by atoms with Gasteiger partial charge in [0.05, 0.1) is 12.5 Å². The van der Waals surface area contributed by atoms with Crippen molar-refractivity contribution in [2.24, 2.45) is 0 Å². The van der Waals surface area contributed by atoms with Gasteiger partial charge in [-0.1, -0.05) is 60.2 Å². The Balaban J connectivity index is 2.51. The quantitative estimate of drug-likeness (QED) is 0.891. The smallest absolute Gasteiger partial charge is 0.128 e. The second-order valence-corrected chi connectivity index (χ2v) is 4.43. The Morgan fingerprint density at radius 3 is 2.11 bits per heavy atom. The molecule has 0 heterocycles. The van der Waals surface area contributed by atoms with Gasteiger partial charge in [-0.3, -0.25) is 0 Å². The molecule has 2 heteroatoms. The minimum absolute atomic E-state index is 0.0417. The average Bonchev–Trinajstić information content (AvgIpc) is 2.40. The molecular formula is C16H15NO. The molecule has 0 aliphatic rings. The van der Waals surface area contributed by atoms with Crippen LogP contribution >= 0.6 is 0 Å². The summed E-state index contributed by atoms with van der Waals surface area (Å²) in [6, 6.07) is 19.0. The highest BCUT2D eigenvalue weighted by Crippen LogP contribution is 2.32. The normalized spacial score (nSPS) is 13.6. The topological polar surface area (TPSA) is 44.0 Å². The van der Waals surface area contributed by atoms with Crippen LogP contribution in [0.1, 0.15) is 23.1 Å². The number of hydrogen-bond acceptors (Lipinski definition) is 2. The lowest BCUT2D eigenvalue weighted by molar-refractivity contribution is 0.0860. The maximum Gasteiger partial charge on any atom is 0.128 e. The van der Waals surface area contributed by atoms with Crippen LogP contribution in [0.4, 0.5) is 0 Å². The summed E-state index contributed by atoms with van der Waals surface area (Å²) in [6.45, 7) is 2.00. The van der Waals surface area contributed by atoms with Crippen molar-refractivity contribution in [1.82, 2.24) is 0 Å². The van der Waals surface area contributed by atoms with Crippen molar-refractivity contribution in [1.29, 1.82) is 5.26 Å². The van der Waals surface area contributed by atoms with Crippen molar-refractivity contribution in [3.05, 3.63) is 71.3 Å². The molecule has 2 rings (SSSR count). The number of hydrogen-bond donors (Lipinski definition) is 1. The summed E-state index contributed by atoms with van der Waals surface area (Å²) in [5.74, 6) is 0. The number of rotatable bonds is 3. The maximum absolute atomic E-state index is 10.8. The number of nitriles is 1. The van der Waals surface area contributed by atoms with E-state index in [1.165, 1.54) is 0 Å². The van der Waals surface area contributed by atoms with Crippen LogP contribution in [-0.2, 0) is 5.60 Å². The molecule has 18 heavy (non-hydrogen) atoms. The van der Waals surface area contributed by atoms with E-state index in [1.807, 2.05) is 61.5 Å². The Labute approximate surface area is 107 Å². The van der Waals surface area contributed by atoms with Gasteiger partial charge in [-0.05, 0) is 18.1 Å². The first-order chi connectivity index (χ1) is 8.66. The van der Waals surface area contributed by atoms with Crippen molar-refractivity contribution in [2.45, 2.75) is 18.9 Å². The molecule has 0 saturated heterocycles. The van der Waals surface area contributed by atoms with E-state index in [9.17, 15) is 5.11 Å². The van der Waals surface area contributed by atoms with Crippen molar-refractivity contribution >= 4 is 0 Å². The van der Waals surface area contributed by atoms with Crippen LogP contribution in [0.15, 0.2) is 54.6 Å². The molecule has 0 amide bonds. The Kier molecular flexibility index (Phi) is 3.45. The highest BCUT2D eigenvalue weighted by molar-refractivity contribution is 5.38. The van der Waals surface area contributed by atoms with Crippen LogP contribution in [0.3, 0.4) is 0 Å². The zero-order chi connectivity index (χ0) is 13.0. The van der Waals surface area contributed by atoms with Crippen molar-refractivity contribution in [3.63, 3.8) is 0 Å². The third-order valence-electron chi connectivity index (χ3n) is 3.12. The molecule has 1 N–H and O–H groups in total. The van der Waals surface area contributed by atoms with Crippen LogP contribution in [0.25, 0.3) is 0 Å². The van der Waals surface area contributed by atoms with E-state index >= 15 is 0 Å². The molecule has 0 radical (unpaired) electrons. The summed E-state index contributed by atoms with van der Waals surface area (Å²) in [6.07, 6.45) is 0.0417. The number of nitrogens with zero attached hydrogens (tertiary/aromatic N) is 1. The first-order valence-electron chi connectivity index (χ1n) is 5.89. The molecule has 0 aromatic heterocycles. The highest BCUT2D eigenvalue weighted by Gasteiger charge is 2.31. The van der Waals surface area contributed by atoms with Gasteiger partial charge in [0, 0.05) is 0 Å². The molecule has 2 aromatic rings. The SMILES string of the molecule is Cc1ccc([C@](O)(CC#N)c2ccccc2)cc1. The van der Waals surface area contributed by atoms with Crippen molar-refractivity contribution < 1.29 is 5.11 Å². The van der Waals surface area contributed by atoms with Gasteiger partial charge < -0.3 is 5.11 Å². The Hall–Kier alpha value is -2.11. The molecule has 2 nitrogen and oxygen atoms in total. The van der Waals surface area contributed by atoms with Gasteiger partial charge in [-0.15, -0.1) is 0 Å². The van der Waals surface area contributed by atoms with Crippen LogP contribution in [0.5, 0.6) is 0 Å². The Bertz CT molecular complexity index is 554. The first-order valence-corrected chi connectivity index (χ1v) is 5.89. The van der Waals surface area contributed by atoms with E-state index in [-0.39, 0.29) is 6.42 Å². The molecule has 0 bridgehead atoms. The van der Waals surface area contributed by atoms with Crippen LogP contribution < -0.4 is 0 Å². The van der Waals surface area contributed by atoms with E-state index in [4.69, 9.17) is 5.26 Å². The molecular weight excluding hydrogens is 222 g/mol. The summed E-state index contributed by atoms with van der Waals surface area (Å²) in [4.78, 5) is 0. The summed E-state index contributed by atoms with van der Waals surface area (Å²) in [7, 11) is 0. The molecule has 0 aliphatic heterocycles.